The summed E-state index contributed by atoms with van der Waals surface area (Å²) in [6, 6.07) is 7.59. The molecule has 1 aliphatic rings. The van der Waals surface area contributed by atoms with E-state index in [-0.39, 0.29) is 0 Å². The third-order valence-electron chi connectivity index (χ3n) is 4.21. The van der Waals surface area contributed by atoms with Crippen molar-refractivity contribution in [1.82, 2.24) is 14.8 Å². The Kier molecular flexibility index (Phi) is 4.94. The smallest absolute Gasteiger partial charge is 0.408 e. The first-order chi connectivity index (χ1) is 11.7. The number of ether oxygens (including phenoxy) is 1. The molecule has 0 spiro atoms. The number of hydrogen-bond acceptors (Lipinski definition) is 5. The van der Waals surface area contributed by atoms with E-state index in [9.17, 15) is 4.79 Å². The highest BCUT2D eigenvalue weighted by Crippen LogP contribution is 2.27. The largest absolute Gasteiger partial charge is 0.410 e. The Bertz CT molecular complexity index is 776. The average molecular weight is 324 g/mol. The summed E-state index contributed by atoms with van der Waals surface area (Å²) in [6.07, 6.45) is 6.22. The number of rotatable bonds is 4. The minimum absolute atomic E-state index is 0.390. The van der Waals surface area contributed by atoms with Crippen LogP contribution in [0, 0.1) is 12.3 Å². The van der Waals surface area contributed by atoms with Gasteiger partial charge in [0.15, 0.2) is 5.75 Å². The number of aromatic nitrogens is 1. The number of primary amides is 1. The van der Waals surface area contributed by atoms with Crippen LogP contribution in [-0.2, 0) is 6.54 Å². The summed E-state index contributed by atoms with van der Waals surface area (Å²) in [4.78, 5) is 20.1. The zero-order valence-corrected chi connectivity index (χ0v) is 13.4. The first-order valence-corrected chi connectivity index (χ1v) is 7.89. The van der Waals surface area contributed by atoms with Gasteiger partial charge in [-0.2, -0.15) is 0 Å². The fourth-order valence-electron chi connectivity index (χ4n) is 3.01. The summed E-state index contributed by atoms with van der Waals surface area (Å²) < 4.78 is 5.05. The highest BCUT2D eigenvalue weighted by Gasteiger charge is 2.18. The quantitative estimate of drug-likeness (QED) is 0.862. The lowest BCUT2D eigenvalue weighted by atomic mass is 10.1. The summed E-state index contributed by atoms with van der Waals surface area (Å²) in [5.74, 6) is 3.08. The minimum atomic E-state index is -0.834. The monoisotopic (exact) mass is 324 g/mol. The summed E-state index contributed by atoms with van der Waals surface area (Å²) in [6.45, 7) is 5.43. The van der Waals surface area contributed by atoms with Gasteiger partial charge in [0.25, 0.3) is 0 Å². The second-order valence-electron chi connectivity index (χ2n) is 5.80. The molecule has 2 aromatic rings. The maximum atomic E-state index is 11.0. The molecule has 6 nitrogen and oxygen atoms in total. The van der Waals surface area contributed by atoms with Gasteiger partial charge in [-0.05, 0) is 17.7 Å². The van der Waals surface area contributed by atoms with Gasteiger partial charge in [-0.25, -0.2) is 4.79 Å². The fraction of sp³-hybridized carbons (Fsp3) is 0.333. The van der Waals surface area contributed by atoms with Gasteiger partial charge in [-0.15, -0.1) is 6.42 Å². The summed E-state index contributed by atoms with van der Waals surface area (Å²) >= 11 is 0. The van der Waals surface area contributed by atoms with Crippen molar-refractivity contribution >= 4 is 17.0 Å². The molecule has 1 aromatic heterocycles. The third kappa shape index (κ3) is 3.65. The Labute approximate surface area is 141 Å². The Morgan fingerprint density at radius 1 is 1.25 bits per heavy atom. The number of nitrogens with zero attached hydrogens (tertiary/aromatic N) is 3. The molecule has 2 N–H and O–H groups in total. The molecular weight excluding hydrogens is 304 g/mol. The molecule has 0 aliphatic carbocycles. The number of benzene rings is 1. The molecule has 2 heterocycles. The van der Waals surface area contributed by atoms with Gasteiger partial charge in [0.05, 0.1) is 6.54 Å². The summed E-state index contributed by atoms with van der Waals surface area (Å²) in [5, 5.41) is 0.974. The predicted octanol–water partition coefficient (Wildman–Crippen LogP) is 1.44. The lowest BCUT2D eigenvalue weighted by Crippen LogP contribution is -2.45. The van der Waals surface area contributed by atoms with Crippen molar-refractivity contribution in [3.05, 3.63) is 36.0 Å². The minimum Gasteiger partial charge on any atom is -0.408 e. The van der Waals surface area contributed by atoms with Crippen molar-refractivity contribution in [2.75, 3.05) is 32.7 Å². The van der Waals surface area contributed by atoms with E-state index in [1.165, 1.54) is 0 Å². The number of nitrogens with two attached hydrogens (primary N) is 1. The molecule has 3 rings (SSSR count). The predicted molar refractivity (Wildman–Crippen MR) is 92.5 cm³/mol. The van der Waals surface area contributed by atoms with Crippen LogP contribution in [0.3, 0.4) is 0 Å². The van der Waals surface area contributed by atoms with E-state index in [2.05, 4.69) is 20.7 Å². The van der Waals surface area contributed by atoms with Gasteiger partial charge in [0.2, 0.25) is 0 Å². The summed E-state index contributed by atoms with van der Waals surface area (Å²) in [7, 11) is 0. The van der Waals surface area contributed by atoms with Crippen molar-refractivity contribution in [2.24, 2.45) is 5.73 Å². The van der Waals surface area contributed by atoms with E-state index in [0.29, 0.717) is 17.8 Å². The maximum Gasteiger partial charge on any atom is 0.410 e. The van der Waals surface area contributed by atoms with E-state index in [0.717, 1.165) is 43.7 Å². The number of carbonyl (C=O) groups excluding carboxylic acids is 1. The number of pyridine rings is 1. The van der Waals surface area contributed by atoms with Gasteiger partial charge in [0.1, 0.15) is 5.52 Å². The Morgan fingerprint density at radius 2 is 2.00 bits per heavy atom. The standard InChI is InChI=1S/C18H20N4O2/c1-2-8-21-9-11-22(12-10-21)13-14-5-6-16(24-18(19)23)17-15(14)4-3-7-20-17/h1,3-7H,8-13H2,(H2,19,23). The molecule has 6 heteroatoms. The first-order valence-electron chi connectivity index (χ1n) is 7.89. The maximum absolute atomic E-state index is 11.0. The van der Waals surface area contributed by atoms with Gasteiger partial charge < -0.3 is 10.5 Å². The van der Waals surface area contributed by atoms with Crippen molar-refractivity contribution < 1.29 is 9.53 Å². The summed E-state index contributed by atoms with van der Waals surface area (Å²) in [5.41, 5.74) is 6.93. The Hall–Kier alpha value is -2.62. The molecular formula is C18H20N4O2. The second kappa shape index (κ2) is 7.30. The van der Waals surface area contributed by atoms with E-state index < -0.39 is 6.09 Å². The fourth-order valence-corrected chi connectivity index (χ4v) is 3.01. The van der Waals surface area contributed by atoms with Crippen molar-refractivity contribution in [3.8, 4) is 18.1 Å². The first kappa shape index (κ1) is 16.2. The number of fused-ring (bicyclic) bond motifs is 1. The Balaban J connectivity index is 1.79. The van der Waals surface area contributed by atoms with Gasteiger partial charge >= 0.3 is 6.09 Å². The third-order valence-corrected chi connectivity index (χ3v) is 4.21. The van der Waals surface area contributed by atoms with E-state index in [4.69, 9.17) is 16.9 Å². The molecule has 1 aliphatic heterocycles. The molecule has 0 atom stereocenters. The van der Waals surface area contributed by atoms with Crippen molar-refractivity contribution in [1.29, 1.82) is 0 Å². The SMILES string of the molecule is C#CCN1CCN(Cc2ccc(OC(N)=O)c3ncccc23)CC1. The number of carbonyl (C=O) groups is 1. The molecule has 1 fully saturated rings. The molecule has 124 valence electrons. The number of terminal acetylenes is 1. The van der Waals surface area contributed by atoms with E-state index >= 15 is 0 Å². The Morgan fingerprint density at radius 3 is 2.71 bits per heavy atom. The van der Waals surface area contributed by atoms with Crippen LogP contribution in [0.1, 0.15) is 5.56 Å². The van der Waals surface area contributed by atoms with Gasteiger partial charge in [-0.1, -0.05) is 18.1 Å². The zero-order chi connectivity index (χ0) is 16.9. The average Bonchev–Trinajstić information content (AvgIpc) is 2.59. The lowest BCUT2D eigenvalue weighted by Gasteiger charge is -2.33. The van der Waals surface area contributed by atoms with Gasteiger partial charge in [0, 0.05) is 44.3 Å². The van der Waals surface area contributed by atoms with Crippen LogP contribution in [0.4, 0.5) is 4.79 Å². The van der Waals surface area contributed by atoms with Crippen LogP contribution in [-0.4, -0.2) is 53.6 Å². The van der Waals surface area contributed by atoms with Crippen LogP contribution < -0.4 is 10.5 Å². The zero-order valence-electron chi connectivity index (χ0n) is 13.4. The molecule has 24 heavy (non-hydrogen) atoms. The highest BCUT2D eigenvalue weighted by atomic mass is 16.5. The van der Waals surface area contributed by atoms with Crippen LogP contribution in [0.25, 0.3) is 10.9 Å². The molecule has 0 saturated carbocycles. The number of piperazine rings is 1. The van der Waals surface area contributed by atoms with E-state index in [1.807, 2.05) is 18.2 Å². The topological polar surface area (TPSA) is 71.7 Å². The number of amides is 1. The van der Waals surface area contributed by atoms with Crippen LogP contribution in [0.2, 0.25) is 0 Å². The normalized spacial score (nSPS) is 16.0. The second-order valence-corrected chi connectivity index (χ2v) is 5.80. The molecule has 0 radical (unpaired) electrons. The van der Waals surface area contributed by atoms with Crippen molar-refractivity contribution in [3.63, 3.8) is 0 Å². The molecule has 1 amide bonds. The lowest BCUT2D eigenvalue weighted by molar-refractivity contribution is 0.139. The van der Waals surface area contributed by atoms with Gasteiger partial charge in [-0.3, -0.25) is 14.8 Å². The molecule has 1 aromatic carbocycles. The van der Waals surface area contributed by atoms with Crippen LogP contribution in [0.15, 0.2) is 30.5 Å². The molecule has 0 bridgehead atoms. The molecule has 0 unspecified atom stereocenters. The van der Waals surface area contributed by atoms with Crippen LogP contribution in [0.5, 0.6) is 5.75 Å². The number of hydrogen-bond donors (Lipinski definition) is 1. The van der Waals surface area contributed by atoms with Crippen LogP contribution >= 0.6 is 0 Å². The van der Waals surface area contributed by atoms with E-state index in [1.54, 1.807) is 12.3 Å². The molecule has 1 saturated heterocycles. The highest BCUT2D eigenvalue weighted by molar-refractivity contribution is 5.89. The van der Waals surface area contributed by atoms with Crippen molar-refractivity contribution in [2.45, 2.75) is 6.54 Å².